The van der Waals surface area contributed by atoms with Crippen molar-refractivity contribution >= 4 is 47.5 Å². The van der Waals surface area contributed by atoms with Gasteiger partial charge in [-0.25, -0.2) is 0 Å². The number of anilines is 5. The zero-order valence-electron chi connectivity index (χ0n) is 22.8. The van der Waals surface area contributed by atoms with Gasteiger partial charge in [0.15, 0.2) is 0 Å². The SMILES string of the molecule is Cc1ccc(C(=O)Nc2ccc(Nc3nc(N4C[C@H](N)C[C@H](N)C4)nc(N4CC[C@@H](O)[C@H]4CN)n3)cc2O)cc1.Cl. The molecule has 0 unspecified atom stereocenters. The van der Waals surface area contributed by atoms with E-state index in [1.807, 2.05) is 28.9 Å². The average molecular weight is 585 g/mol. The summed E-state index contributed by atoms with van der Waals surface area (Å²) in [7, 11) is 0. The zero-order chi connectivity index (χ0) is 28.4. The molecule has 41 heavy (non-hydrogen) atoms. The van der Waals surface area contributed by atoms with Crippen LogP contribution < -0.4 is 37.6 Å². The monoisotopic (exact) mass is 584 g/mol. The Bertz CT molecular complexity index is 1350. The van der Waals surface area contributed by atoms with Crippen LogP contribution in [0.1, 0.15) is 28.8 Å². The number of piperidine rings is 1. The van der Waals surface area contributed by atoms with Crippen molar-refractivity contribution in [2.75, 3.05) is 46.6 Å². The number of aliphatic hydroxyl groups excluding tert-OH is 1. The van der Waals surface area contributed by atoms with Crippen LogP contribution in [0.5, 0.6) is 5.75 Å². The molecule has 0 saturated carbocycles. The fraction of sp³-hybridized carbons (Fsp3) is 0.407. The topological polar surface area (TPSA) is 205 Å². The second kappa shape index (κ2) is 12.8. The summed E-state index contributed by atoms with van der Waals surface area (Å²) in [6.45, 7) is 3.81. The molecular formula is C27H37ClN10O3. The maximum atomic E-state index is 12.6. The highest BCUT2D eigenvalue weighted by Gasteiger charge is 2.35. The van der Waals surface area contributed by atoms with Crippen molar-refractivity contribution in [1.29, 1.82) is 0 Å². The Balaban J connectivity index is 0.00000387. The molecule has 3 aromatic rings. The maximum absolute atomic E-state index is 12.6. The molecule has 2 aromatic carbocycles. The molecule has 0 bridgehead atoms. The van der Waals surface area contributed by atoms with Gasteiger partial charge in [0.25, 0.3) is 5.91 Å². The first-order chi connectivity index (χ1) is 19.2. The van der Waals surface area contributed by atoms with Gasteiger partial charge >= 0.3 is 0 Å². The number of carbonyl (C=O) groups excluding carboxylic acids is 1. The summed E-state index contributed by atoms with van der Waals surface area (Å²) in [5.41, 5.74) is 20.7. The van der Waals surface area contributed by atoms with Crippen molar-refractivity contribution in [2.24, 2.45) is 17.2 Å². The number of phenolic OH excluding ortho intramolecular Hbond substituents is 1. The molecule has 0 spiro atoms. The molecule has 5 rings (SSSR count). The summed E-state index contributed by atoms with van der Waals surface area (Å²) in [5.74, 6) is 0.558. The summed E-state index contributed by atoms with van der Waals surface area (Å²) >= 11 is 0. The van der Waals surface area contributed by atoms with E-state index in [0.717, 1.165) is 5.56 Å². The third-order valence-electron chi connectivity index (χ3n) is 7.23. The minimum atomic E-state index is -0.585. The number of aliphatic hydroxyl groups is 1. The number of nitrogens with zero attached hydrogens (tertiary/aromatic N) is 5. The van der Waals surface area contributed by atoms with Crippen molar-refractivity contribution in [1.82, 2.24) is 15.0 Å². The number of nitrogens with two attached hydrogens (primary N) is 3. The molecule has 220 valence electrons. The van der Waals surface area contributed by atoms with E-state index in [0.29, 0.717) is 55.6 Å². The fourth-order valence-corrected chi connectivity index (χ4v) is 5.14. The van der Waals surface area contributed by atoms with Gasteiger partial charge in [0.1, 0.15) is 5.75 Å². The largest absolute Gasteiger partial charge is 0.506 e. The number of aromatic nitrogens is 3. The Morgan fingerprint density at radius 3 is 2.39 bits per heavy atom. The molecule has 10 N–H and O–H groups in total. The lowest BCUT2D eigenvalue weighted by Gasteiger charge is -2.35. The predicted octanol–water partition coefficient (Wildman–Crippen LogP) is 1.07. The van der Waals surface area contributed by atoms with Gasteiger partial charge in [-0.15, -0.1) is 12.4 Å². The van der Waals surface area contributed by atoms with E-state index in [4.69, 9.17) is 22.2 Å². The van der Waals surface area contributed by atoms with E-state index < -0.39 is 6.10 Å². The van der Waals surface area contributed by atoms with Gasteiger partial charge < -0.3 is 47.8 Å². The molecule has 0 radical (unpaired) electrons. The van der Waals surface area contributed by atoms with Crippen molar-refractivity contribution in [2.45, 2.75) is 44.0 Å². The van der Waals surface area contributed by atoms with Crippen LogP contribution in [0, 0.1) is 6.92 Å². The van der Waals surface area contributed by atoms with Crippen LogP contribution >= 0.6 is 12.4 Å². The highest BCUT2D eigenvalue weighted by molar-refractivity contribution is 6.05. The Hall–Kier alpha value is -3.75. The van der Waals surface area contributed by atoms with Crippen molar-refractivity contribution in [3.8, 4) is 5.75 Å². The summed E-state index contributed by atoms with van der Waals surface area (Å²) in [6, 6.07) is 11.4. The predicted molar refractivity (Wildman–Crippen MR) is 161 cm³/mol. The molecule has 1 amide bonds. The zero-order valence-corrected chi connectivity index (χ0v) is 23.6. The lowest BCUT2D eigenvalue weighted by molar-refractivity contribution is 0.102. The number of aromatic hydroxyl groups is 1. The van der Waals surface area contributed by atoms with Gasteiger partial charge in [0, 0.05) is 55.6 Å². The standard InChI is InChI=1S/C27H36N10O3.ClH/c1-15-2-4-16(5-3-15)24(40)32-20-7-6-19(11-23(20)39)31-25-33-26(36-13-17(29)10-18(30)14-36)35-27(34-25)37-9-8-22(38)21(37)12-28;/h2-7,11,17-18,21-22,38-39H,8-10,12-14,28-30H2,1H3,(H,32,40)(H,31,33,34,35);1H/t17-,18+,21-,22-;/m1./s1. The van der Waals surface area contributed by atoms with Crippen molar-refractivity contribution in [3.05, 3.63) is 53.6 Å². The first kappa shape index (κ1) is 30.2. The minimum Gasteiger partial charge on any atom is -0.506 e. The number of hydrogen-bond acceptors (Lipinski definition) is 12. The third-order valence-corrected chi connectivity index (χ3v) is 7.23. The van der Waals surface area contributed by atoms with Gasteiger partial charge in [-0.2, -0.15) is 15.0 Å². The molecule has 13 nitrogen and oxygen atoms in total. The molecule has 1 aromatic heterocycles. The van der Waals surface area contributed by atoms with Crippen LogP contribution in [0.25, 0.3) is 0 Å². The molecule has 4 atom stereocenters. The number of benzene rings is 2. The van der Waals surface area contributed by atoms with Gasteiger partial charge in [-0.3, -0.25) is 4.79 Å². The normalized spacial score (nSPS) is 22.3. The lowest BCUT2D eigenvalue weighted by Crippen LogP contribution is -2.53. The van der Waals surface area contributed by atoms with Crippen molar-refractivity contribution < 1.29 is 15.0 Å². The molecule has 0 aliphatic carbocycles. The minimum absolute atomic E-state index is 0. The smallest absolute Gasteiger partial charge is 0.255 e. The van der Waals surface area contributed by atoms with Gasteiger partial charge in [0.2, 0.25) is 17.8 Å². The first-order valence-corrected chi connectivity index (χ1v) is 13.3. The average Bonchev–Trinajstić information content (AvgIpc) is 3.30. The number of amides is 1. The molecule has 2 fully saturated rings. The van der Waals surface area contributed by atoms with E-state index in [-0.39, 0.29) is 60.4 Å². The molecule has 3 heterocycles. The quantitative estimate of drug-likeness (QED) is 0.195. The first-order valence-electron chi connectivity index (χ1n) is 13.3. The molecule has 2 aliphatic rings. The van der Waals surface area contributed by atoms with Gasteiger partial charge in [-0.1, -0.05) is 17.7 Å². The summed E-state index contributed by atoms with van der Waals surface area (Å²) in [4.78, 5) is 30.3. The summed E-state index contributed by atoms with van der Waals surface area (Å²) in [6.07, 6.45) is 0.673. The van der Waals surface area contributed by atoms with E-state index in [2.05, 4.69) is 20.6 Å². The number of hydrogen-bond donors (Lipinski definition) is 7. The number of halogens is 1. The maximum Gasteiger partial charge on any atom is 0.255 e. The van der Waals surface area contributed by atoms with Gasteiger partial charge in [0.05, 0.1) is 17.8 Å². The summed E-state index contributed by atoms with van der Waals surface area (Å²) < 4.78 is 0. The second-order valence-electron chi connectivity index (χ2n) is 10.4. The second-order valence-corrected chi connectivity index (χ2v) is 10.4. The summed E-state index contributed by atoms with van der Waals surface area (Å²) in [5, 5.41) is 26.9. The number of aryl methyl sites for hydroxylation is 1. The lowest BCUT2D eigenvalue weighted by atomic mass is 10.0. The van der Waals surface area contributed by atoms with Crippen LogP contribution in [0.4, 0.5) is 29.2 Å². The Morgan fingerprint density at radius 1 is 1.05 bits per heavy atom. The number of rotatable bonds is 7. The van der Waals surface area contributed by atoms with Crippen LogP contribution in [0.2, 0.25) is 0 Å². The van der Waals surface area contributed by atoms with E-state index in [1.54, 1.807) is 24.3 Å². The molecule has 2 saturated heterocycles. The molecular weight excluding hydrogens is 548 g/mol. The van der Waals surface area contributed by atoms with Crippen molar-refractivity contribution in [3.63, 3.8) is 0 Å². The van der Waals surface area contributed by atoms with Gasteiger partial charge in [-0.05, 0) is 44.0 Å². The van der Waals surface area contributed by atoms with Crippen LogP contribution in [-0.4, -0.2) is 81.5 Å². The molecule has 14 heteroatoms. The Kier molecular flexibility index (Phi) is 9.46. The Morgan fingerprint density at radius 2 is 1.73 bits per heavy atom. The Labute approximate surface area is 244 Å². The number of carbonyl (C=O) groups is 1. The van der Waals surface area contributed by atoms with Crippen LogP contribution in [0.15, 0.2) is 42.5 Å². The highest BCUT2D eigenvalue weighted by Crippen LogP contribution is 2.30. The van der Waals surface area contributed by atoms with E-state index >= 15 is 0 Å². The molecule has 2 aliphatic heterocycles. The van der Waals surface area contributed by atoms with Crippen LogP contribution in [-0.2, 0) is 0 Å². The highest BCUT2D eigenvalue weighted by atomic mass is 35.5. The number of phenols is 1. The number of nitrogens with one attached hydrogen (secondary N) is 2. The van der Waals surface area contributed by atoms with Crippen LogP contribution in [0.3, 0.4) is 0 Å². The van der Waals surface area contributed by atoms with E-state index in [9.17, 15) is 15.0 Å². The fourth-order valence-electron chi connectivity index (χ4n) is 5.14. The third kappa shape index (κ3) is 6.94. The van der Waals surface area contributed by atoms with E-state index in [1.165, 1.54) is 6.07 Å².